The van der Waals surface area contributed by atoms with Crippen molar-refractivity contribution in [3.63, 3.8) is 0 Å². The summed E-state index contributed by atoms with van der Waals surface area (Å²) in [5.74, 6) is 0.199. The number of carbonyl (C=O) groups excluding carboxylic acids is 2. The van der Waals surface area contributed by atoms with Gasteiger partial charge in [-0.1, -0.05) is 6.92 Å². The minimum absolute atomic E-state index is 0.125. The van der Waals surface area contributed by atoms with Crippen molar-refractivity contribution in [2.75, 3.05) is 0 Å². The average Bonchev–Trinajstić information content (AvgIpc) is 2.62. The number of ether oxygens (including phenoxy) is 1. The molecule has 1 amide bonds. The molecule has 1 saturated carbocycles. The van der Waals surface area contributed by atoms with Crippen LogP contribution < -0.4 is 5.32 Å². The molecule has 1 aliphatic carbocycles. The van der Waals surface area contributed by atoms with Gasteiger partial charge in [0, 0.05) is 18.9 Å². The Morgan fingerprint density at radius 3 is 2.77 bits per heavy atom. The Kier molecular flexibility index (Phi) is 1.98. The molecule has 3 unspecified atom stereocenters. The van der Waals surface area contributed by atoms with E-state index >= 15 is 0 Å². The average molecular weight is 183 g/mol. The van der Waals surface area contributed by atoms with Gasteiger partial charge >= 0.3 is 5.97 Å². The highest BCUT2D eigenvalue weighted by Crippen LogP contribution is 2.29. The third-order valence-electron chi connectivity index (χ3n) is 2.61. The zero-order chi connectivity index (χ0) is 9.42. The zero-order valence-electron chi connectivity index (χ0n) is 7.58. The Balaban J connectivity index is 1.80. The monoisotopic (exact) mass is 183 g/mol. The third-order valence-corrected chi connectivity index (χ3v) is 2.61. The lowest BCUT2D eigenvalue weighted by Gasteiger charge is -2.08. The predicted octanol–water partition coefficient (Wildman–Crippen LogP) is 0.217. The predicted molar refractivity (Wildman–Crippen MR) is 44.8 cm³/mol. The van der Waals surface area contributed by atoms with Gasteiger partial charge in [-0.05, 0) is 12.3 Å². The van der Waals surface area contributed by atoms with Crippen molar-refractivity contribution in [3.05, 3.63) is 0 Å². The van der Waals surface area contributed by atoms with E-state index in [1.165, 1.54) is 0 Å². The summed E-state index contributed by atoms with van der Waals surface area (Å²) in [6.07, 6.45) is 1.43. The molecule has 72 valence electrons. The lowest BCUT2D eigenvalue weighted by atomic mass is 10.2. The molecular weight excluding hydrogens is 170 g/mol. The van der Waals surface area contributed by atoms with Crippen LogP contribution in [0.4, 0.5) is 0 Å². The summed E-state index contributed by atoms with van der Waals surface area (Å²) in [5, 5.41) is 2.85. The summed E-state index contributed by atoms with van der Waals surface area (Å²) in [6.45, 7) is 2.09. The van der Waals surface area contributed by atoms with Crippen LogP contribution >= 0.6 is 0 Å². The zero-order valence-corrected chi connectivity index (χ0v) is 7.58. The second-order valence-corrected chi connectivity index (χ2v) is 3.85. The Bertz CT molecular complexity index is 251. The first-order chi connectivity index (χ1) is 6.16. The Morgan fingerprint density at radius 2 is 2.31 bits per heavy atom. The van der Waals surface area contributed by atoms with E-state index in [1.807, 2.05) is 0 Å². The van der Waals surface area contributed by atoms with E-state index in [4.69, 9.17) is 4.74 Å². The van der Waals surface area contributed by atoms with Gasteiger partial charge in [-0.3, -0.25) is 9.59 Å². The fourth-order valence-corrected chi connectivity index (χ4v) is 1.51. The van der Waals surface area contributed by atoms with Crippen LogP contribution in [0, 0.1) is 5.92 Å². The molecule has 3 atom stereocenters. The number of hydrogen-bond acceptors (Lipinski definition) is 3. The molecule has 0 aromatic carbocycles. The Hall–Kier alpha value is -1.06. The van der Waals surface area contributed by atoms with Crippen molar-refractivity contribution < 1.29 is 14.3 Å². The first-order valence-electron chi connectivity index (χ1n) is 4.66. The number of carbonyl (C=O) groups is 2. The van der Waals surface area contributed by atoms with Gasteiger partial charge in [0.1, 0.15) is 0 Å². The van der Waals surface area contributed by atoms with Crippen molar-refractivity contribution in [1.82, 2.24) is 5.32 Å². The molecule has 4 heteroatoms. The minimum atomic E-state index is -0.528. The molecule has 0 radical (unpaired) electrons. The van der Waals surface area contributed by atoms with Crippen LogP contribution in [0.3, 0.4) is 0 Å². The van der Waals surface area contributed by atoms with Gasteiger partial charge in [0.05, 0.1) is 0 Å². The molecule has 2 fully saturated rings. The number of cyclic esters (lactones) is 1. The third kappa shape index (κ3) is 1.82. The Labute approximate surface area is 76.6 Å². The molecular formula is C9H13NO3. The topological polar surface area (TPSA) is 55.4 Å². The highest BCUT2D eigenvalue weighted by molar-refractivity contribution is 5.86. The fraction of sp³-hybridized carbons (Fsp3) is 0.778. The standard InChI is InChI=1S/C9H13NO3/c1-5-4-6(5)10-9(12)7-2-3-8(11)13-7/h5-7H,2-4H2,1H3,(H,10,12). The number of nitrogens with one attached hydrogen (secondary N) is 1. The van der Waals surface area contributed by atoms with Crippen molar-refractivity contribution in [2.24, 2.45) is 5.92 Å². The summed E-state index contributed by atoms with van der Waals surface area (Å²) in [6, 6.07) is 0.312. The highest BCUT2D eigenvalue weighted by Gasteiger charge is 2.37. The summed E-state index contributed by atoms with van der Waals surface area (Å²) >= 11 is 0. The van der Waals surface area contributed by atoms with Crippen molar-refractivity contribution in [3.8, 4) is 0 Å². The van der Waals surface area contributed by atoms with Crippen LogP contribution in [-0.2, 0) is 14.3 Å². The van der Waals surface area contributed by atoms with Crippen LogP contribution in [0.25, 0.3) is 0 Å². The number of hydrogen-bond donors (Lipinski definition) is 1. The second kappa shape index (κ2) is 3.01. The van der Waals surface area contributed by atoms with Crippen LogP contribution in [-0.4, -0.2) is 24.0 Å². The normalized spacial score (nSPS) is 37.0. The smallest absolute Gasteiger partial charge is 0.306 e. The van der Waals surface area contributed by atoms with E-state index in [9.17, 15) is 9.59 Å². The molecule has 2 aliphatic rings. The van der Waals surface area contributed by atoms with Gasteiger partial charge in [0.15, 0.2) is 6.10 Å². The van der Waals surface area contributed by atoms with Gasteiger partial charge in [-0.15, -0.1) is 0 Å². The maximum Gasteiger partial charge on any atom is 0.306 e. The molecule has 0 aromatic heterocycles. The summed E-state index contributed by atoms with van der Waals surface area (Å²) in [7, 11) is 0. The minimum Gasteiger partial charge on any atom is -0.452 e. The van der Waals surface area contributed by atoms with E-state index in [1.54, 1.807) is 0 Å². The summed E-state index contributed by atoms with van der Waals surface area (Å²) in [5.41, 5.74) is 0. The fourth-order valence-electron chi connectivity index (χ4n) is 1.51. The molecule has 2 rings (SSSR count). The van der Waals surface area contributed by atoms with E-state index in [0.29, 0.717) is 24.8 Å². The van der Waals surface area contributed by atoms with Gasteiger partial charge in [-0.25, -0.2) is 0 Å². The molecule has 0 bridgehead atoms. The molecule has 1 aliphatic heterocycles. The first-order valence-corrected chi connectivity index (χ1v) is 4.66. The summed E-state index contributed by atoms with van der Waals surface area (Å²) < 4.78 is 4.84. The number of rotatable bonds is 2. The van der Waals surface area contributed by atoms with E-state index in [2.05, 4.69) is 12.2 Å². The van der Waals surface area contributed by atoms with Crippen LogP contribution in [0.15, 0.2) is 0 Å². The highest BCUT2D eigenvalue weighted by atomic mass is 16.6. The molecule has 0 aromatic rings. The Morgan fingerprint density at radius 1 is 1.62 bits per heavy atom. The molecule has 1 saturated heterocycles. The van der Waals surface area contributed by atoms with Gasteiger partial charge < -0.3 is 10.1 Å². The van der Waals surface area contributed by atoms with Gasteiger partial charge in [0.25, 0.3) is 5.91 Å². The maximum atomic E-state index is 11.4. The van der Waals surface area contributed by atoms with Crippen molar-refractivity contribution in [1.29, 1.82) is 0 Å². The van der Waals surface area contributed by atoms with Gasteiger partial charge in [-0.2, -0.15) is 0 Å². The first kappa shape index (κ1) is 8.53. The largest absolute Gasteiger partial charge is 0.452 e. The molecule has 4 nitrogen and oxygen atoms in total. The van der Waals surface area contributed by atoms with E-state index in [0.717, 1.165) is 6.42 Å². The van der Waals surface area contributed by atoms with Crippen molar-refractivity contribution >= 4 is 11.9 Å². The lowest BCUT2D eigenvalue weighted by Crippen LogP contribution is -2.36. The number of amides is 1. The SMILES string of the molecule is CC1CC1NC(=O)C1CCC(=O)O1. The van der Waals surface area contributed by atoms with Crippen LogP contribution in [0.2, 0.25) is 0 Å². The molecule has 0 spiro atoms. The van der Waals surface area contributed by atoms with Crippen molar-refractivity contribution in [2.45, 2.75) is 38.3 Å². The van der Waals surface area contributed by atoms with Crippen LogP contribution in [0.5, 0.6) is 0 Å². The molecule has 1 N–H and O–H groups in total. The van der Waals surface area contributed by atoms with E-state index in [-0.39, 0.29) is 11.9 Å². The number of esters is 1. The lowest BCUT2D eigenvalue weighted by molar-refractivity contribution is -0.148. The second-order valence-electron chi connectivity index (χ2n) is 3.85. The molecule has 13 heavy (non-hydrogen) atoms. The van der Waals surface area contributed by atoms with Crippen LogP contribution in [0.1, 0.15) is 26.2 Å². The maximum absolute atomic E-state index is 11.4. The molecule has 1 heterocycles. The van der Waals surface area contributed by atoms with E-state index < -0.39 is 6.10 Å². The summed E-state index contributed by atoms with van der Waals surface area (Å²) in [4.78, 5) is 22.1. The quantitative estimate of drug-likeness (QED) is 0.623. The van der Waals surface area contributed by atoms with Gasteiger partial charge in [0.2, 0.25) is 0 Å².